The maximum absolute atomic E-state index is 12.3. The number of carbonyl (C=O) groups is 1. The van der Waals surface area contributed by atoms with E-state index in [1.807, 2.05) is 36.4 Å². The molecule has 0 fully saturated rings. The molecule has 0 saturated carbocycles. The monoisotopic (exact) mass is 423 g/mol. The summed E-state index contributed by atoms with van der Waals surface area (Å²) in [5.41, 5.74) is 2.79. The highest BCUT2D eigenvalue weighted by Gasteiger charge is 2.11. The summed E-state index contributed by atoms with van der Waals surface area (Å²) in [6.45, 7) is 0. The smallest absolute Gasteiger partial charge is 0.225 e. The zero-order valence-corrected chi connectivity index (χ0v) is 17.3. The molecule has 3 aromatic rings. The van der Waals surface area contributed by atoms with Gasteiger partial charge in [-0.25, -0.2) is 4.98 Å². The lowest BCUT2D eigenvalue weighted by molar-refractivity contribution is -0.115. The molecule has 0 saturated heterocycles. The van der Waals surface area contributed by atoms with Crippen molar-refractivity contribution in [1.29, 1.82) is 5.26 Å². The number of thioether (sulfide) groups is 1. The number of pyridine rings is 1. The fraction of sp³-hybridized carbons (Fsp3) is 0.136. The lowest BCUT2D eigenvalue weighted by Gasteiger charge is -2.11. The van der Waals surface area contributed by atoms with Crippen LogP contribution in [0.5, 0.6) is 5.75 Å². The molecule has 0 spiro atoms. The number of ether oxygens (including phenoxy) is 1. The van der Waals surface area contributed by atoms with E-state index < -0.39 is 0 Å². The van der Waals surface area contributed by atoms with E-state index in [1.54, 1.807) is 24.3 Å². The van der Waals surface area contributed by atoms with E-state index >= 15 is 0 Å². The van der Waals surface area contributed by atoms with Crippen molar-refractivity contribution in [3.63, 3.8) is 0 Å². The van der Waals surface area contributed by atoms with Crippen LogP contribution in [0.2, 0.25) is 5.02 Å². The fourth-order valence-electron chi connectivity index (χ4n) is 2.64. The van der Waals surface area contributed by atoms with Crippen molar-refractivity contribution in [3.8, 4) is 23.1 Å². The van der Waals surface area contributed by atoms with Gasteiger partial charge in [0.15, 0.2) is 0 Å². The summed E-state index contributed by atoms with van der Waals surface area (Å²) in [6.07, 6.45) is 0.252. The van der Waals surface area contributed by atoms with Crippen molar-refractivity contribution < 1.29 is 9.53 Å². The first kappa shape index (κ1) is 20.7. The van der Waals surface area contributed by atoms with Crippen LogP contribution in [-0.2, 0) is 4.79 Å². The van der Waals surface area contributed by atoms with Gasteiger partial charge >= 0.3 is 0 Å². The molecule has 3 rings (SSSR count). The van der Waals surface area contributed by atoms with Gasteiger partial charge in [0, 0.05) is 22.8 Å². The molecule has 0 bridgehead atoms. The SMILES string of the molecule is COc1ccc(Cl)cc1NC(=O)CCSc1nc(-c2ccccc2)ccc1C#N. The second-order valence-corrected chi connectivity index (χ2v) is 7.54. The van der Waals surface area contributed by atoms with Gasteiger partial charge in [-0.1, -0.05) is 41.9 Å². The molecule has 0 aliphatic rings. The number of hydrogen-bond acceptors (Lipinski definition) is 5. The summed E-state index contributed by atoms with van der Waals surface area (Å²) in [5.74, 6) is 0.851. The largest absolute Gasteiger partial charge is 0.495 e. The normalized spacial score (nSPS) is 10.2. The Balaban J connectivity index is 1.65. The number of nitriles is 1. The Morgan fingerprint density at radius 2 is 2.00 bits per heavy atom. The first-order chi connectivity index (χ1) is 14.1. The third-order valence-corrected chi connectivity index (χ3v) is 5.28. The lowest BCUT2D eigenvalue weighted by atomic mass is 10.1. The molecule has 0 aliphatic heterocycles. The molecule has 29 heavy (non-hydrogen) atoms. The Morgan fingerprint density at radius 3 is 2.72 bits per heavy atom. The highest BCUT2D eigenvalue weighted by atomic mass is 35.5. The summed E-state index contributed by atoms with van der Waals surface area (Å²) in [4.78, 5) is 16.9. The van der Waals surface area contributed by atoms with Crippen LogP contribution in [0.1, 0.15) is 12.0 Å². The number of amides is 1. The first-order valence-corrected chi connectivity index (χ1v) is 10.2. The predicted molar refractivity (Wildman–Crippen MR) is 116 cm³/mol. The summed E-state index contributed by atoms with van der Waals surface area (Å²) < 4.78 is 5.24. The Kier molecular flexibility index (Phi) is 7.12. The van der Waals surface area contributed by atoms with E-state index in [0.717, 1.165) is 11.3 Å². The average Bonchev–Trinajstić information content (AvgIpc) is 2.74. The van der Waals surface area contributed by atoms with Crippen LogP contribution < -0.4 is 10.1 Å². The molecule has 0 atom stereocenters. The molecule has 1 amide bonds. The van der Waals surface area contributed by atoms with Crippen molar-refractivity contribution in [1.82, 2.24) is 4.98 Å². The molecule has 1 N–H and O–H groups in total. The second kappa shape index (κ2) is 9.97. The minimum absolute atomic E-state index is 0.171. The number of carbonyl (C=O) groups excluding carboxylic acids is 1. The van der Waals surface area contributed by atoms with E-state index in [9.17, 15) is 10.1 Å². The molecular weight excluding hydrogens is 406 g/mol. The van der Waals surface area contributed by atoms with Gasteiger partial charge in [-0.05, 0) is 30.3 Å². The van der Waals surface area contributed by atoms with Gasteiger partial charge in [-0.2, -0.15) is 5.26 Å². The quantitative estimate of drug-likeness (QED) is 0.514. The van der Waals surface area contributed by atoms with Gasteiger partial charge in [0.05, 0.1) is 24.1 Å². The van der Waals surface area contributed by atoms with E-state index in [-0.39, 0.29) is 12.3 Å². The van der Waals surface area contributed by atoms with Crippen LogP contribution in [0.3, 0.4) is 0 Å². The van der Waals surface area contributed by atoms with Crippen molar-refractivity contribution in [2.75, 3.05) is 18.2 Å². The van der Waals surface area contributed by atoms with Crippen LogP contribution in [0.4, 0.5) is 5.69 Å². The molecule has 146 valence electrons. The first-order valence-electron chi connectivity index (χ1n) is 8.83. The summed E-state index contributed by atoms with van der Waals surface area (Å²) >= 11 is 7.37. The molecule has 2 aromatic carbocycles. The molecule has 0 aliphatic carbocycles. The van der Waals surface area contributed by atoms with E-state index in [2.05, 4.69) is 16.4 Å². The van der Waals surface area contributed by atoms with Gasteiger partial charge in [-0.15, -0.1) is 11.8 Å². The van der Waals surface area contributed by atoms with Crippen LogP contribution in [-0.4, -0.2) is 23.8 Å². The van der Waals surface area contributed by atoms with Crippen LogP contribution in [0.25, 0.3) is 11.3 Å². The predicted octanol–water partition coefficient (Wildman–Crippen LogP) is 5.40. The minimum Gasteiger partial charge on any atom is -0.495 e. The number of halogens is 1. The van der Waals surface area contributed by atoms with Crippen molar-refractivity contribution >= 4 is 35.0 Å². The summed E-state index contributed by atoms with van der Waals surface area (Å²) in [5, 5.41) is 13.3. The van der Waals surface area contributed by atoms with Crippen LogP contribution in [0, 0.1) is 11.3 Å². The van der Waals surface area contributed by atoms with Gasteiger partial charge in [-0.3, -0.25) is 4.79 Å². The summed E-state index contributed by atoms with van der Waals surface area (Å²) in [6, 6.07) is 20.5. The average molecular weight is 424 g/mol. The van der Waals surface area contributed by atoms with Gasteiger partial charge in [0.25, 0.3) is 0 Å². The Labute approximate surface area is 178 Å². The zero-order valence-electron chi connectivity index (χ0n) is 15.7. The highest BCUT2D eigenvalue weighted by Crippen LogP contribution is 2.29. The zero-order chi connectivity index (χ0) is 20.6. The number of nitrogens with zero attached hydrogens (tertiary/aromatic N) is 2. The number of anilines is 1. The molecule has 0 radical (unpaired) electrons. The fourth-order valence-corrected chi connectivity index (χ4v) is 3.72. The molecule has 1 aromatic heterocycles. The maximum atomic E-state index is 12.3. The Bertz CT molecular complexity index is 1050. The number of methoxy groups -OCH3 is 1. The number of nitrogens with one attached hydrogen (secondary N) is 1. The van der Waals surface area contributed by atoms with Crippen molar-refractivity contribution in [3.05, 3.63) is 71.2 Å². The highest BCUT2D eigenvalue weighted by molar-refractivity contribution is 7.99. The van der Waals surface area contributed by atoms with Crippen LogP contribution >= 0.6 is 23.4 Å². The standard InChI is InChI=1S/C22H18ClN3O2S/c1-28-20-10-8-17(23)13-19(20)25-21(27)11-12-29-22-16(14-24)7-9-18(26-22)15-5-3-2-4-6-15/h2-10,13H,11-12H2,1H3,(H,25,27). The van der Waals surface area contributed by atoms with Crippen molar-refractivity contribution in [2.24, 2.45) is 0 Å². The van der Waals surface area contributed by atoms with Crippen molar-refractivity contribution in [2.45, 2.75) is 11.4 Å². The van der Waals surface area contributed by atoms with Gasteiger partial charge in [0.1, 0.15) is 16.8 Å². The third kappa shape index (κ3) is 5.50. The molecule has 5 nitrogen and oxygen atoms in total. The number of rotatable bonds is 7. The Hall–Kier alpha value is -3.01. The molecule has 1 heterocycles. The summed E-state index contributed by atoms with van der Waals surface area (Å²) in [7, 11) is 1.53. The topological polar surface area (TPSA) is 75.0 Å². The number of benzene rings is 2. The molecular formula is C22H18ClN3O2S. The lowest BCUT2D eigenvalue weighted by Crippen LogP contribution is -2.13. The molecule has 7 heteroatoms. The van der Waals surface area contributed by atoms with E-state index in [0.29, 0.717) is 32.8 Å². The third-order valence-electron chi connectivity index (χ3n) is 4.05. The second-order valence-electron chi connectivity index (χ2n) is 6.02. The van der Waals surface area contributed by atoms with E-state index in [1.165, 1.54) is 18.9 Å². The number of aromatic nitrogens is 1. The maximum Gasteiger partial charge on any atom is 0.225 e. The minimum atomic E-state index is -0.171. The number of hydrogen-bond donors (Lipinski definition) is 1. The van der Waals surface area contributed by atoms with E-state index in [4.69, 9.17) is 16.3 Å². The van der Waals surface area contributed by atoms with Gasteiger partial charge < -0.3 is 10.1 Å². The van der Waals surface area contributed by atoms with Crippen LogP contribution in [0.15, 0.2) is 65.7 Å². The molecule has 0 unspecified atom stereocenters. The van der Waals surface area contributed by atoms with Gasteiger partial charge in [0.2, 0.25) is 5.91 Å². The Morgan fingerprint density at radius 1 is 1.21 bits per heavy atom.